The lowest BCUT2D eigenvalue weighted by Crippen LogP contribution is -2.40. The lowest BCUT2D eigenvalue weighted by Gasteiger charge is -2.38. The third-order valence-electron chi connectivity index (χ3n) is 5.03. The molecule has 1 amide bonds. The smallest absolute Gasteiger partial charge is 0.254 e. The molecule has 0 bridgehead atoms. The topological polar surface area (TPSA) is 20.3 Å². The van der Waals surface area contributed by atoms with Crippen molar-refractivity contribution in [1.29, 1.82) is 0 Å². The van der Waals surface area contributed by atoms with Crippen molar-refractivity contribution in [3.63, 3.8) is 0 Å². The molecule has 0 N–H and O–H groups in total. The molecule has 0 saturated heterocycles. The van der Waals surface area contributed by atoms with Crippen LogP contribution in [0.3, 0.4) is 0 Å². The number of hydrogen-bond acceptors (Lipinski definition) is 1. The number of halogens is 1. The molecule has 1 aliphatic heterocycles. The zero-order valence-electron chi connectivity index (χ0n) is 14.7. The molecule has 0 aromatic heterocycles. The SMILES string of the molecule is Cc1ccc([C@@H]2c3ccccc3CCN2C(=O)c2ccc(Cl)cc2)cc1. The number of fused-ring (bicyclic) bond motifs is 1. The molecule has 130 valence electrons. The summed E-state index contributed by atoms with van der Waals surface area (Å²) in [5.41, 5.74) is 5.56. The minimum atomic E-state index is -0.0660. The van der Waals surface area contributed by atoms with E-state index in [2.05, 4.69) is 55.5 Å². The Balaban J connectivity index is 1.78. The number of rotatable bonds is 2. The molecule has 0 aliphatic carbocycles. The van der Waals surface area contributed by atoms with Crippen LogP contribution in [0.5, 0.6) is 0 Å². The predicted octanol–water partition coefficient (Wildman–Crippen LogP) is 5.44. The molecule has 3 aromatic carbocycles. The minimum absolute atomic E-state index is 0.0433. The monoisotopic (exact) mass is 361 g/mol. The van der Waals surface area contributed by atoms with Gasteiger partial charge in [-0.3, -0.25) is 4.79 Å². The first kappa shape index (κ1) is 16.9. The lowest BCUT2D eigenvalue weighted by atomic mass is 9.87. The third kappa shape index (κ3) is 3.13. The van der Waals surface area contributed by atoms with E-state index in [1.54, 1.807) is 24.3 Å². The second-order valence-corrected chi connectivity index (χ2v) is 7.20. The minimum Gasteiger partial charge on any atom is -0.327 e. The number of benzene rings is 3. The quantitative estimate of drug-likeness (QED) is 0.595. The van der Waals surface area contributed by atoms with E-state index < -0.39 is 0 Å². The second kappa shape index (κ2) is 6.97. The summed E-state index contributed by atoms with van der Waals surface area (Å²) in [5.74, 6) is 0.0433. The summed E-state index contributed by atoms with van der Waals surface area (Å²) >= 11 is 5.98. The van der Waals surface area contributed by atoms with E-state index in [1.807, 2.05) is 4.90 Å². The molecule has 3 heteroatoms. The van der Waals surface area contributed by atoms with Crippen molar-refractivity contribution >= 4 is 17.5 Å². The fourth-order valence-electron chi connectivity index (χ4n) is 3.65. The summed E-state index contributed by atoms with van der Waals surface area (Å²) in [7, 11) is 0. The van der Waals surface area contributed by atoms with Crippen LogP contribution in [0.1, 0.15) is 38.7 Å². The van der Waals surface area contributed by atoms with Crippen LogP contribution in [-0.4, -0.2) is 17.4 Å². The average molecular weight is 362 g/mol. The number of carbonyl (C=O) groups is 1. The molecule has 1 atom stereocenters. The second-order valence-electron chi connectivity index (χ2n) is 6.77. The third-order valence-corrected chi connectivity index (χ3v) is 5.28. The molecule has 0 radical (unpaired) electrons. The van der Waals surface area contributed by atoms with Crippen LogP contribution in [0.2, 0.25) is 5.02 Å². The van der Waals surface area contributed by atoms with Gasteiger partial charge in [-0.1, -0.05) is 65.7 Å². The van der Waals surface area contributed by atoms with Crippen molar-refractivity contribution in [3.05, 3.63) is 106 Å². The van der Waals surface area contributed by atoms with Gasteiger partial charge in [0.05, 0.1) is 6.04 Å². The van der Waals surface area contributed by atoms with Gasteiger partial charge in [0.1, 0.15) is 0 Å². The summed E-state index contributed by atoms with van der Waals surface area (Å²) in [5, 5.41) is 0.639. The molecule has 26 heavy (non-hydrogen) atoms. The summed E-state index contributed by atoms with van der Waals surface area (Å²) in [6, 6.07) is 24.0. The molecule has 0 saturated carbocycles. The Kier molecular flexibility index (Phi) is 4.52. The molecular weight excluding hydrogens is 342 g/mol. The highest BCUT2D eigenvalue weighted by Gasteiger charge is 2.32. The van der Waals surface area contributed by atoms with Gasteiger partial charge in [-0.2, -0.15) is 0 Å². The molecule has 1 heterocycles. The molecular formula is C23H20ClNO. The number of amides is 1. The molecule has 3 aromatic rings. The van der Waals surface area contributed by atoms with Crippen LogP contribution in [0.25, 0.3) is 0 Å². The maximum Gasteiger partial charge on any atom is 0.254 e. The van der Waals surface area contributed by atoms with E-state index in [4.69, 9.17) is 11.6 Å². The van der Waals surface area contributed by atoms with E-state index in [-0.39, 0.29) is 11.9 Å². The van der Waals surface area contributed by atoms with E-state index in [9.17, 15) is 4.79 Å². The van der Waals surface area contributed by atoms with Crippen LogP contribution < -0.4 is 0 Å². The van der Waals surface area contributed by atoms with Gasteiger partial charge >= 0.3 is 0 Å². The maximum atomic E-state index is 13.3. The Hall–Kier alpha value is -2.58. The standard InChI is InChI=1S/C23H20ClNO/c1-16-6-8-18(9-7-16)22-21-5-3-2-4-17(21)14-15-25(22)23(26)19-10-12-20(24)13-11-19/h2-13,22H,14-15H2,1H3/t22-/m1/s1. The molecule has 4 rings (SSSR count). The van der Waals surface area contributed by atoms with Crippen LogP contribution in [-0.2, 0) is 6.42 Å². The predicted molar refractivity (Wildman–Crippen MR) is 106 cm³/mol. The van der Waals surface area contributed by atoms with Crippen LogP contribution in [0.4, 0.5) is 0 Å². The van der Waals surface area contributed by atoms with E-state index in [0.29, 0.717) is 17.1 Å². The van der Waals surface area contributed by atoms with Gasteiger partial charge in [0, 0.05) is 17.1 Å². The molecule has 0 unspecified atom stereocenters. The highest BCUT2D eigenvalue weighted by molar-refractivity contribution is 6.30. The Morgan fingerprint density at radius 2 is 1.65 bits per heavy atom. The van der Waals surface area contributed by atoms with Gasteiger partial charge in [0.2, 0.25) is 0 Å². The van der Waals surface area contributed by atoms with Gasteiger partial charge in [0.25, 0.3) is 5.91 Å². The van der Waals surface area contributed by atoms with E-state index in [0.717, 1.165) is 12.0 Å². The highest BCUT2D eigenvalue weighted by Crippen LogP contribution is 2.36. The zero-order valence-corrected chi connectivity index (χ0v) is 15.4. The number of hydrogen-bond donors (Lipinski definition) is 0. The number of aryl methyl sites for hydroxylation is 1. The lowest BCUT2D eigenvalue weighted by molar-refractivity contribution is 0.0694. The zero-order chi connectivity index (χ0) is 18.1. The van der Waals surface area contributed by atoms with Gasteiger partial charge in [0.15, 0.2) is 0 Å². The Labute approximate surface area is 159 Å². The first-order chi connectivity index (χ1) is 12.6. The Morgan fingerprint density at radius 1 is 0.962 bits per heavy atom. The fraction of sp³-hybridized carbons (Fsp3) is 0.174. The van der Waals surface area contributed by atoms with Crippen LogP contribution >= 0.6 is 11.6 Å². The summed E-state index contributed by atoms with van der Waals surface area (Å²) in [4.78, 5) is 15.2. The maximum absolute atomic E-state index is 13.3. The van der Waals surface area contributed by atoms with Crippen LogP contribution in [0, 0.1) is 6.92 Å². The van der Waals surface area contributed by atoms with Gasteiger partial charge in [-0.25, -0.2) is 0 Å². The van der Waals surface area contributed by atoms with Crippen molar-refractivity contribution in [2.24, 2.45) is 0 Å². The Morgan fingerprint density at radius 3 is 2.38 bits per heavy atom. The largest absolute Gasteiger partial charge is 0.327 e. The van der Waals surface area contributed by atoms with E-state index >= 15 is 0 Å². The summed E-state index contributed by atoms with van der Waals surface area (Å²) in [6.07, 6.45) is 0.873. The molecule has 1 aliphatic rings. The van der Waals surface area contributed by atoms with Crippen molar-refractivity contribution in [1.82, 2.24) is 4.90 Å². The van der Waals surface area contributed by atoms with Crippen molar-refractivity contribution in [2.45, 2.75) is 19.4 Å². The van der Waals surface area contributed by atoms with Gasteiger partial charge in [-0.05, 0) is 54.3 Å². The van der Waals surface area contributed by atoms with Crippen molar-refractivity contribution < 1.29 is 4.79 Å². The van der Waals surface area contributed by atoms with E-state index in [1.165, 1.54) is 16.7 Å². The molecule has 2 nitrogen and oxygen atoms in total. The Bertz CT molecular complexity index is 931. The number of carbonyl (C=O) groups excluding carboxylic acids is 1. The molecule has 0 spiro atoms. The number of nitrogens with zero attached hydrogens (tertiary/aromatic N) is 1. The van der Waals surface area contributed by atoms with Gasteiger partial charge < -0.3 is 4.90 Å². The first-order valence-corrected chi connectivity index (χ1v) is 9.22. The highest BCUT2D eigenvalue weighted by atomic mass is 35.5. The van der Waals surface area contributed by atoms with Gasteiger partial charge in [-0.15, -0.1) is 0 Å². The molecule has 0 fully saturated rings. The fourth-order valence-corrected chi connectivity index (χ4v) is 3.78. The summed E-state index contributed by atoms with van der Waals surface area (Å²) in [6.45, 7) is 2.78. The van der Waals surface area contributed by atoms with Crippen molar-refractivity contribution in [2.75, 3.05) is 6.54 Å². The summed E-state index contributed by atoms with van der Waals surface area (Å²) < 4.78 is 0. The average Bonchev–Trinajstić information content (AvgIpc) is 2.68. The van der Waals surface area contributed by atoms with Crippen LogP contribution in [0.15, 0.2) is 72.8 Å². The van der Waals surface area contributed by atoms with Crippen molar-refractivity contribution in [3.8, 4) is 0 Å². The first-order valence-electron chi connectivity index (χ1n) is 8.84. The normalized spacial score (nSPS) is 16.2.